The summed E-state index contributed by atoms with van der Waals surface area (Å²) in [5.74, 6) is 0. The molecule has 1 aromatic rings. The predicted molar refractivity (Wildman–Crippen MR) is 57.2 cm³/mol. The number of sulfonamides is 1. The summed E-state index contributed by atoms with van der Waals surface area (Å²) in [6, 6.07) is 6.01. The molecule has 0 aliphatic heterocycles. The molecule has 0 amide bonds. The van der Waals surface area contributed by atoms with E-state index < -0.39 is 16.2 Å². The largest absolute Gasteiger partial charge is 0.246 e. The molecular formula is C9H11ClFNO2S. The second-order valence-electron chi connectivity index (χ2n) is 3.06. The first-order valence-corrected chi connectivity index (χ1v) is 6.18. The number of halogens is 2. The minimum Gasteiger partial charge on any atom is -0.246 e. The molecular weight excluding hydrogens is 241 g/mol. The summed E-state index contributed by atoms with van der Waals surface area (Å²) in [5, 5.41) is 0.122. The van der Waals surface area contributed by atoms with Crippen molar-refractivity contribution in [3.63, 3.8) is 0 Å². The van der Waals surface area contributed by atoms with Crippen LogP contribution in [-0.2, 0) is 10.0 Å². The van der Waals surface area contributed by atoms with Crippen LogP contribution >= 0.6 is 11.6 Å². The van der Waals surface area contributed by atoms with Crippen LogP contribution in [0.4, 0.5) is 4.39 Å². The molecule has 0 fully saturated rings. The lowest BCUT2D eigenvalue weighted by Crippen LogP contribution is -2.29. The van der Waals surface area contributed by atoms with Crippen molar-refractivity contribution in [2.24, 2.45) is 0 Å². The molecule has 84 valence electrons. The first-order chi connectivity index (χ1) is 6.93. The number of hydrogen-bond donors (Lipinski definition) is 1. The van der Waals surface area contributed by atoms with Gasteiger partial charge >= 0.3 is 0 Å². The molecule has 0 bridgehead atoms. The van der Waals surface area contributed by atoms with Crippen molar-refractivity contribution in [2.75, 3.05) is 6.54 Å². The van der Waals surface area contributed by atoms with Crippen LogP contribution in [0.25, 0.3) is 0 Å². The quantitative estimate of drug-likeness (QED) is 0.889. The van der Waals surface area contributed by atoms with Crippen molar-refractivity contribution < 1.29 is 12.8 Å². The zero-order valence-corrected chi connectivity index (χ0v) is 9.65. The molecule has 1 atom stereocenters. The van der Waals surface area contributed by atoms with E-state index in [1.165, 1.54) is 19.1 Å². The van der Waals surface area contributed by atoms with Crippen molar-refractivity contribution in [3.05, 3.63) is 29.3 Å². The Labute approximate surface area is 93.3 Å². The molecule has 0 aliphatic carbocycles. The van der Waals surface area contributed by atoms with Crippen LogP contribution in [0.15, 0.2) is 29.2 Å². The zero-order valence-electron chi connectivity index (χ0n) is 8.07. The van der Waals surface area contributed by atoms with E-state index in [2.05, 4.69) is 4.72 Å². The van der Waals surface area contributed by atoms with Crippen LogP contribution in [0.1, 0.15) is 6.92 Å². The number of rotatable bonds is 4. The Hall–Kier alpha value is -0.650. The summed E-state index contributed by atoms with van der Waals surface area (Å²) in [5.41, 5.74) is 0. The highest BCUT2D eigenvalue weighted by molar-refractivity contribution is 7.89. The predicted octanol–water partition coefficient (Wildman–Crippen LogP) is 1.98. The summed E-state index contributed by atoms with van der Waals surface area (Å²) in [4.78, 5) is -0.0349. The molecule has 0 saturated heterocycles. The van der Waals surface area contributed by atoms with Crippen LogP contribution in [0.5, 0.6) is 0 Å². The van der Waals surface area contributed by atoms with Crippen LogP contribution < -0.4 is 4.72 Å². The summed E-state index contributed by atoms with van der Waals surface area (Å²) in [6.45, 7) is 1.02. The van der Waals surface area contributed by atoms with E-state index >= 15 is 0 Å². The molecule has 0 saturated carbocycles. The maximum Gasteiger partial charge on any atom is 0.242 e. The van der Waals surface area contributed by atoms with E-state index in [-0.39, 0.29) is 16.5 Å². The molecule has 6 heteroatoms. The van der Waals surface area contributed by atoms with Gasteiger partial charge in [0.25, 0.3) is 0 Å². The van der Waals surface area contributed by atoms with Gasteiger partial charge in [-0.15, -0.1) is 0 Å². The Morgan fingerprint density at radius 1 is 1.47 bits per heavy atom. The lowest BCUT2D eigenvalue weighted by Gasteiger charge is -2.08. The smallest absolute Gasteiger partial charge is 0.242 e. The van der Waals surface area contributed by atoms with Crippen molar-refractivity contribution in [2.45, 2.75) is 18.0 Å². The molecule has 1 aromatic carbocycles. The average molecular weight is 252 g/mol. The lowest BCUT2D eigenvalue weighted by atomic mass is 10.4. The van der Waals surface area contributed by atoms with Crippen molar-refractivity contribution in [1.82, 2.24) is 4.72 Å². The summed E-state index contributed by atoms with van der Waals surface area (Å²) >= 11 is 5.71. The third-order valence-corrected chi connectivity index (χ3v) is 3.60. The van der Waals surface area contributed by atoms with Gasteiger partial charge < -0.3 is 0 Å². The number of benzene rings is 1. The monoisotopic (exact) mass is 251 g/mol. The third-order valence-electron chi connectivity index (χ3n) is 1.68. The maximum absolute atomic E-state index is 12.5. The van der Waals surface area contributed by atoms with E-state index in [9.17, 15) is 12.8 Å². The van der Waals surface area contributed by atoms with E-state index in [0.29, 0.717) is 0 Å². The molecule has 1 unspecified atom stereocenters. The van der Waals surface area contributed by atoms with Crippen LogP contribution in [-0.4, -0.2) is 21.1 Å². The van der Waals surface area contributed by atoms with Gasteiger partial charge in [0.05, 0.1) is 5.02 Å². The van der Waals surface area contributed by atoms with Gasteiger partial charge in [-0.3, -0.25) is 0 Å². The Kier molecular flexibility index (Phi) is 4.07. The first-order valence-electron chi connectivity index (χ1n) is 4.32. The first kappa shape index (κ1) is 12.4. The van der Waals surface area contributed by atoms with E-state index in [4.69, 9.17) is 11.6 Å². The summed E-state index contributed by atoms with van der Waals surface area (Å²) in [6.07, 6.45) is -1.23. The second-order valence-corrected chi connectivity index (χ2v) is 5.21. The van der Waals surface area contributed by atoms with Gasteiger partial charge in [-0.2, -0.15) is 0 Å². The van der Waals surface area contributed by atoms with E-state index in [1.54, 1.807) is 12.1 Å². The van der Waals surface area contributed by atoms with Gasteiger partial charge in [-0.05, 0) is 19.1 Å². The van der Waals surface area contributed by atoms with Crippen LogP contribution in [0.3, 0.4) is 0 Å². The van der Waals surface area contributed by atoms with E-state index in [1.807, 2.05) is 0 Å². The fourth-order valence-electron chi connectivity index (χ4n) is 0.965. The standard InChI is InChI=1S/C9H11ClFNO2S/c1-7(11)6-12-15(13,14)9-5-3-2-4-8(9)10/h2-5,7,12H,6H2,1H3. The summed E-state index contributed by atoms with van der Waals surface area (Å²) in [7, 11) is -3.71. The second kappa shape index (κ2) is 4.92. The van der Waals surface area contributed by atoms with Gasteiger partial charge in [0.2, 0.25) is 10.0 Å². The highest BCUT2D eigenvalue weighted by atomic mass is 35.5. The molecule has 0 spiro atoms. The Bertz CT molecular complexity index is 433. The minimum absolute atomic E-state index is 0.0349. The fraction of sp³-hybridized carbons (Fsp3) is 0.333. The topological polar surface area (TPSA) is 46.2 Å². The van der Waals surface area contributed by atoms with E-state index in [0.717, 1.165) is 0 Å². The summed E-state index contributed by atoms with van der Waals surface area (Å²) < 4.78 is 37.8. The SMILES string of the molecule is CC(F)CNS(=O)(=O)c1ccccc1Cl. The molecule has 15 heavy (non-hydrogen) atoms. The van der Waals surface area contributed by atoms with Crippen molar-refractivity contribution >= 4 is 21.6 Å². The highest BCUT2D eigenvalue weighted by Gasteiger charge is 2.17. The van der Waals surface area contributed by atoms with Gasteiger partial charge in [0.15, 0.2) is 0 Å². The Morgan fingerprint density at radius 2 is 2.07 bits per heavy atom. The van der Waals surface area contributed by atoms with Crippen molar-refractivity contribution in [1.29, 1.82) is 0 Å². The van der Waals surface area contributed by atoms with Crippen LogP contribution in [0.2, 0.25) is 5.02 Å². The van der Waals surface area contributed by atoms with Crippen LogP contribution in [0, 0.1) is 0 Å². The van der Waals surface area contributed by atoms with Gasteiger partial charge in [-0.25, -0.2) is 17.5 Å². The van der Waals surface area contributed by atoms with Gasteiger partial charge in [-0.1, -0.05) is 23.7 Å². The number of hydrogen-bond acceptors (Lipinski definition) is 2. The molecule has 0 aromatic heterocycles. The zero-order chi connectivity index (χ0) is 11.5. The number of alkyl halides is 1. The fourth-order valence-corrected chi connectivity index (χ4v) is 2.59. The normalized spacial score (nSPS) is 13.8. The van der Waals surface area contributed by atoms with Crippen molar-refractivity contribution in [3.8, 4) is 0 Å². The Balaban J connectivity index is 2.92. The van der Waals surface area contributed by atoms with Gasteiger partial charge in [0.1, 0.15) is 11.1 Å². The molecule has 3 nitrogen and oxygen atoms in total. The Morgan fingerprint density at radius 3 is 2.60 bits per heavy atom. The molecule has 0 aliphatic rings. The third kappa shape index (κ3) is 3.44. The molecule has 1 rings (SSSR count). The maximum atomic E-state index is 12.5. The van der Waals surface area contributed by atoms with Gasteiger partial charge in [0, 0.05) is 6.54 Å². The molecule has 0 heterocycles. The average Bonchev–Trinajstić information content (AvgIpc) is 2.15. The molecule has 0 radical (unpaired) electrons. The molecule has 1 N–H and O–H groups in total. The highest BCUT2D eigenvalue weighted by Crippen LogP contribution is 2.19. The lowest BCUT2D eigenvalue weighted by molar-refractivity contribution is 0.360. The number of nitrogens with one attached hydrogen (secondary N) is 1. The minimum atomic E-state index is -3.71.